The Morgan fingerprint density at radius 3 is 1.40 bits per heavy atom. The van der Waals surface area contributed by atoms with Crippen molar-refractivity contribution in [1.82, 2.24) is 0 Å². The summed E-state index contributed by atoms with van der Waals surface area (Å²) in [6.45, 7) is 20.1. The Labute approximate surface area is 248 Å². The molecule has 0 spiro atoms. The number of fused-ring (bicyclic) bond motifs is 6. The molecular weight excluding hydrogens is 522 g/mol. The highest BCUT2D eigenvalue weighted by molar-refractivity contribution is 6.11. The van der Waals surface area contributed by atoms with Crippen LogP contribution >= 0.6 is 0 Å². The molecule has 216 valence electrons. The van der Waals surface area contributed by atoms with Crippen molar-refractivity contribution in [3.05, 3.63) is 111 Å². The van der Waals surface area contributed by atoms with E-state index in [1.54, 1.807) is 12.1 Å². The summed E-state index contributed by atoms with van der Waals surface area (Å²) in [5, 5.41) is 9.94. The number of ether oxygens (including phenoxy) is 1. The van der Waals surface area contributed by atoms with Crippen LogP contribution in [0.15, 0.2) is 60.7 Å². The zero-order valence-electron chi connectivity index (χ0n) is 26.4. The maximum absolute atomic E-state index is 13.1. The van der Waals surface area contributed by atoms with E-state index in [1.807, 2.05) is 13.0 Å². The van der Waals surface area contributed by atoms with Gasteiger partial charge in [-0.3, -0.25) is 0 Å². The van der Waals surface area contributed by atoms with Gasteiger partial charge in [0.05, 0.1) is 0 Å². The Kier molecular flexibility index (Phi) is 7.51. The smallest absolute Gasteiger partial charge is 0.394 e. The highest BCUT2D eigenvalue weighted by Gasteiger charge is 2.23. The van der Waals surface area contributed by atoms with E-state index in [9.17, 15) is 8.78 Å². The predicted octanol–water partition coefficient (Wildman–Crippen LogP) is 11.8. The van der Waals surface area contributed by atoms with Crippen LogP contribution in [0.2, 0.25) is 0 Å². The molecule has 0 amide bonds. The molecule has 0 heterocycles. The Morgan fingerprint density at radius 2 is 0.929 bits per heavy atom. The van der Waals surface area contributed by atoms with Crippen LogP contribution in [-0.4, -0.2) is 6.11 Å². The van der Waals surface area contributed by atoms with Crippen molar-refractivity contribution in [3.63, 3.8) is 0 Å². The van der Waals surface area contributed by atoms with Crippen molar-refractivity contribution < 1.29 is 13.5 Å². The molecule has 6 aromatic rings. The van der Waals surface area contributed by atoms with Crippen LogP contribution in [0.5, 0.6) is 5.75 Å². The van der Waals surface area contributed by atoms with Gasteiger partial charge in [-0.1, -0.05) is 54.1 Å². The van der Waals surface area contributed by atoms with Crippen LogP contribution < -0.4 is 4.74 Å². The van der Waals surface area contributed by atoms with Gasteiger partial charge in [-0.25, -0.2) is 0 Å². The average molecular weight is 563 g/mol. The predicted molar refractivity (Wildman–Crippen MR) is 177 cm³/mol. The molecule has 0 N–H and O–H groups in total. The largest absolute Gasteiger partial charge is 0.433 e. The van der Waals surface area contributed by atoms with Crippen LogP contribution in [0, 0.1) is 62.3 Å². The second-order valence-electron chi connectivity index (χ2n) is 12.1. The van der Waals surface area contributed by atoms with Crippen LogP contribution in [0.25, 0.3) is 43.1 Å². The van der Waals surface area contributed by atoms with Gasteiger partial charge in [0.25, 0.3) is 0 Å². The zero-order valence-corrected chi connectivity index (χ0v) is 26.4. The molecule has 0 saturated carbocycles. The Hall–Kier alpha value is -3.98. The van der Waals surface area contributed by atoms with E-state index in [0.717, 1.165) is 28.6 Å². The molecule has 0 saturated heterocycles. The van der Waals surface area contributed by atoms with E-state index in [1.165, 1.54) is 71.4 Å². The van der Waals surface area contributed by atoms with Crippen molar-refractivity contribution in [2.45, 2.75) is 75.3 Å². The molecule has 0 aromatic heterocycles. The van der Waals surface area contributed by atoms with Gasteiger partial charge in [0.15, 0.2) is 0 Å². The van der Waals surface area contributed by atoms with Crippen molar-refractivity contribution >= 4 is 43.1 Å². The minimum Gasteiger partial charge on any atom is -0.433 e. The Bertz CT molecular complexity index is 2030. The summed E-state index contributed by atoms with van der Waals surface area (Å²) >= 11 is 0. The summed E-state index contributed by atoms with van der Waals surface area (Å²) in [4.78, 5) is 0. The minimum atomic E-state index is -3.18. The number of hydrogen-bond donors (Lipinski definition) is 0. The average Bonchev–Trinajstić information content (AvgIpc) is 2.89. The lowest BCUT2D eigenvalue weighted by atomic mass is 9.91. The van der Waals surface area contributed by atoms with Crippen LogP contribution in [-0.2, 0) is 0 Å². The summed E-state index contributed by atoms with van der Waals surface area (Å²) in [7, 11) is 0. The first-order chi connectivity index (χ1) is 19.7. The van der Waals surface area contributed by atoms with Gasteiger partial charge >= 0.3 is 6.11 Å². The summed E-state index contributed by atoms with van der Waals surface area (Å²) in [6, 6.07) is 21.0. The van der Waals surface area contributed by atoms with Gasteiger partial charge in [-0.05, 0) is 162 Å². The molecule has 0 fully saturated rings. The fraction of sp³-hybridized carbons (Fsp3) is 0.282. The monoisotopic (exact) mass is 562 g/mol. The van der Waals surface area contributed by atoms with E-state index in [-0.39, 0.29) is 5.75 Å². The third-order valence-electron chi connectivity index (χ3n) is 8.96. The fourth-order valence-corrected chi connectivity index (χ4v) is 6.44. The van der Waals surface area contributed by atoms with Crippen molar-refractivity contribution in [2.75, 3.05) is 0 Å². The molecule has 0 aliphatic carbocycles. The number of benzene rings is 6. The molecule has 0 aliphatic heterocycles. The normalized spacial score (nSPS) is 11.8. The van der Waals surface area contributed by atoms with Crippen LogP contribution in [0.1, 0.15) is 57.0 Å². The van der Waals surface area contributed by atoms with Crippen molar-refractivity contribution in [3.8, 4) is 5.75 Å². The van der Waals surface area contributed by atoms with Crippen LogP contribution in [0.3, 0.4) is 0 Å². The number of aryl methyl sites for hydroxylation is 7. The van der Waals surface area contributed by atoms with E-state index in [2.05, 4.69) is 97.9 Å². The molecule has 1 nitrogen and oxygen atoms in total. The van der Waals surface area contributed by atoms with Gasteiger partial charge < -0.3 is 4.74 Å². The van der Waals surface area contributed by atoms with E-state index >= 15 is 0 Å². The van der Waals surface area contributed by atoms with Gasteiger partial charge in [0.1, 0.15) is 5.75 Å². The number of hydrogen-bond acceptors (Lipinski definition) is 1. The van der Waals surface area contributed by atoms with E-state index < -0.39 is 6.11 Å². The Morgan fingerprint density at radius 1 is 0.476 bits per heavy atom. The second-order valence-corrected chi connectivity index (χ2v) is 12.1. The molecule has 0 aliphatic rings. The topological polar surface area (TPSA) is 9.23 Å². The first kappa shape index (κ1) is 29.5. The second kappa shape index (κ2) is 10.7. The first-order valence-corrected chi connectivity index (χ1v) is 14.6. The van der Waals surface area contributed by atoms with Gasteiger partial charge in [-0.2, -0.15) is 8.78 Å². The third kappa shape index (κ3) is 5.33. The SMILES string of the molecule is Cc1cc(C)c2c(ccc3c(C)c(C)c(C)cc32)c1.Cc1cc2c(ccc3cc(OC(C)(F)F)cc(C)c32)c(C)c1C. The summed E-state index contributed by atoms with van der Waals surface area (Å²) in [5.74, 6) is 0.197. The molecule has 6 aromatic carbocycles. The molecular formula is C39H40F2O. The molecule has 6 rings (SSSR count). The molecule has 0 radical (unpaired) electrons. The number of rotatable bonds is 2. The number of halogens is 2. The van der Waals surface area contributed by atoms with Crippen LogP contribution in [0.4, 0.5) is 8.78 Å². The minimum absolute atomic E-state index is 0.197. The van der Waals surface area contributed by atoms with E-state index in [0.29, 0.717) is 0 Å². The number of alkyl halides is 2. The highest BCUT2D eigenvalue weighted by Crippen LogP contribution is 2.36. The Balaban J connectivity index is 0.000000171. The quantitative estimate of drug-likeness (QED) is 0.191. The lowest BCUT2D eigenvalue weighted by Gasteiger charge is -2.17. The maximum atomic E-state index is 13.1. The molecule has 0 bridgehead atoms. The van der Waals surface area contributed by atoms with Crippen molar-refractivity contribution in [1.29, 1.82) is 0 Å². The molecule has 3 heteroatoms. The third-order valence-corrected chi connectivity index (χ3v) is 8.96. The lowest BCUT2D eigenvalue weighted by molar-refractivity contribution is -0.158. The molecule has 0 atom stereocenters. The zero-order chi connectivity index (χ0) is 30.7. The standard InChI is InChI=1S/C20H20F2O.C19H20/c1-11-9-18-17(14(4)13(11)3)7-6-15-10-16(23-20(5,21)22)8-12(2)19(15)18;1-11-8-13(3)19-16(9-11)6-7-17-15(5)14(4)12(2)10-18(17)19/h6-10H,1-5H3;6-10H,1-5H3. The highest BCUT2D eigenvalue weighted by atomic mass is 19.3. The first-order valence-electron chi connectivity index (χ1n) is 14.6. The van der Waals surface area contributed by atoms with Gasteiger partial charge in [0.2, 0.25) is 0 Å². The maximum Gasteiger partial charge on any atom is 0.394 e. The van der Waals surface area contributed by atoms with Gasteiger partial charge in [0, 0.05) is 6.92 Å². The summed E-state index contributed by atoms with van der Waals surface area (Å²) in [5.41, 5.74) is 11.7. The van der Waals surface area contributed by atoms with E-state index in [4.69, 9.17) is 4.74 Å². The summed E-state index contributed by atoms with van der Waals surface area (Å²) < 4.78 is 31.0. The summed E-state index contributed by atoms with van der Waals surface area (Å²) in [6.07, 6.45) is -3.18. The molecule has 0 unspecified atom stereocenters. The lowest BCUT2D eigenvalue weighted by Crippen LogP contribution is -2.19. The molecule has 42 heavy (non-hydrogen) atoms. The van der Waals surface area contributed by atoms with Crippen molar-refractivity contribution in [2.24, 2.45) is 0 Å². The fourth-order valence-electron chi connectivity index (χ4n) is 6.44. The van der Waals surface area contributed by atoms with Gasteiger partial charge in [-0.15, -0.1) is 0 Å².